The third-order valence-electron chi connectivity index (χ3n) is 3.05. The Kier molecular flexibility index (Phi) is 4.69. The van der Waals surface area contributed by atoms with Crippen LogP contribution in [0.1, 0.15) is 18.5 Å². The van der Waals surface area contributed by atoms with Crippen molar-refractivity contribution >= 4 is 17.3 Å². The highest BCUT2D eigenvalue weighted by Crippen LogP contribution is 2.31. The number of anilines is 1. The van der Waals surface area contributed by atoms with Gasteiger partial charge in [0.25, 0.3) is 0 Å². The molecule has 0 radical (unpaired) electrons. The Labute approximate surface area is 123 Å². The van der Waals surface area contributed by atoms with Crippen LogP contribution in [-0.2, 0) is 0 Å². The van der Waals surface area contributed by atoms with Gasteiger partial charge in [-0.25, -0.2) is 0 Å². The van der Waals surface area contributed by atoms with E-state index in [4.69, 9.17) is 21.1 Å². The summed E-state index contributed by atoms with van der Waals surface area (Å²) in [6, 6.07) is 7.76. The maximum absolute atomic E-state index is 6.09. The first-order chi connectivity index (χ1) is 9.65. The first-order valence-electron chi connectivity index (χ1n) is 6.23. The van der Waals surface area contributed by atoms with E-state index in [0.29, 0.717) is 16.5 Å². The van der Waals surface area contributed by atoms with Crippen molar-refractivity contribution in [3.63, 3.8) is 0 Å². The number of benzene rings is 1. The number of nitrogens with zero attached hydrogens (tertiary/aromatic N) is 1. The van der Waals surface area contributed by atoms with Crippen molar-refractivity contribution in [3.8, 4) is 11.5 Å². The molecule has 0 fully saturated rings. The van der Waals surface area contributed by atoms with E-state index in [1.165, 1.54) is 0 Å². The molecule has 1 heterocycles. The highest BCUT2D eigenvalue weighted by Gasteiger charge is 2.11. The van der Waals surface area contributed by atoms with Crippen LogP contribution in [0.25, 0.3) is 0 Å². The van der Waals surface area contributed by atoms with Crippen LogP contribution in [0.5, 0.6) is 11.5 Å². The Hall–Kier alpha value is -1.94. The molecule has 20 heavy (non-hydrogen) atoms. The van der Waals surface area contributed by atoms with Crippen molar-refractivity contribution in [3.05, 3.63) is 47.2 Å². The number of aromatic nitrogens is 1. The highest BCUT2D eigenvalue weighted by molar-refractivity contribution is 6.33. The molecule has 5 heteroatoms. The molecule has 2 rings (SSSR count). The van der Waals surface area contributed by atoms with Gasteiger partial charge in [-0.3, -0.25) is 4.98 Å². The molecular weight excluding hydrogens is 276 g/mol. The smallest absolute Gasteiger partial charge is 0.161 e. The van der Waals surface area contributed by atoms with Gasteiger partial charge >= 0.3 is 0 Å². The van der Waals surface area contributed by atoms with Gasteiger partial charge in [-0.05, 0) is 30.7 Å². The summed E-state index contributed by atoms with van der Waals surface area (Å²) in [6.45, 7) is 2.05. The minimum absolute atomic E-state index is 0.0784. The number of rotatable bonds is 5. The zero-order valence-corrected chi connectivity index (χ0v) is 12.4. The van der Waals surface area contributed by atoms with Gasteiger partial charge in [0, 0.05) is 18.4 Å². The fourth-order valence-corrected chi connectivity index (χ4v) is 2.10. The third-order valence-corrected chi connectivity index (χ3v) is 3.35. The van der Waals surface area contributed by atoms with E-state index in [1.54, 1.807) is 26.6 Å². The Bertz CT molecular complexity index is 590. The number of ether oxygens (including phenoxy) is 2. The third kappa shape index (κ3) is 3.14. The van der Waals surface area contributed by atoms with Gasteiger partial charge in [-0.2, -0.15) is 0 Å². The van der Waals surface area contributed by atoms with Crippen LogP contribution in [0.3, 0.4) is 0 Å². The van der Waals surface area contributed by atoms with Crippen molar-refractivity contribution in [2.45, 2.75) is 13.0 Å². The molecule has 0 saturated heterocycles. The summed E-state index contributed by atoms with van der Waals surface area (Å²) in [4.78, 5) is 3.97. The minimum Gasteiger partial charge on any atom is -0.493 e. The minimum atomic E-state index is 0.0784. The molecule has 0 saturated carbocycles. The lowest BCUT2D eigenvalue weighted by atomic mass is 10.1. The van der Waals surface area contributed by atoms with Crippen molar-refractivity contribution in [1.82, 2.24) is 4.98 Å². The van der Waals surface area contributed by atoms with E-state index in [0.717, 1.165) is 11.3 Å². The number of hydrogen-bond acceptors (Lipinski definition) is 4. The summed E-state index contributed by atoms with van der Waals surface area (Å²) in [6.07, 6.45) is 3.32. The highest BCUT2D eigenvalue weighted by atomic mass is 35.5. The zero-order chi connectivity index (χ0) is 14.5. The second kappa shape index (κ2) is 6.48. The number of pyridine rings is 1. The monoisotopic (exact) mass is 292 g/mol. The molecule has 0 aliphatic rings. The number of methoxy groups -OCH3 is 2. The first kappa shape index (κ1) is 14.5. The fourth-order valence-electron chi connectivity index (χ4n) is 1.93. The number of nitrogens with one attached hydrogen (secondary N) is 1. The van der Waals surface area contributed by atoms with E-state index in [2.05, 4.69) is 17.2 Å². The SMILES string of the molecule is COc1ccc(C(C)Nc2ccncc2Cl)cc1OC. The predicted molar refractivity (Wildman–Crippen MR) is 80.8 cm³/mol. The van der Waals surface area contributed by atoms with Crippen LogP contribution in [0.2, 0.25) is 5.02 Å². The molecule has 0 aliphatic heterocycles. The van der Waals surface area contributed by atoms with E-state index >= 15 is 0 Å². The van der Waals surface area contributed by atoms with Crippen molar-refractivity contribution in [2.24, 2.45) is 0 Å². The van der Waals surface area contributed by atoms with Crippen molar-refractivity contribution in [2.75, 3.05) is 19.5 Å². The average molecular weight is 293 g/mol. The fraction of sp³-hybridized carbons (Fsp3) is 0.267. The molecular formula is C15H17ClN2O2. The van der Waals surface area contributed by atoms with Gasteiger partial charge in [0.15, 0.2) is 11.5 Å². The molecule has 4 nitrogen and oxygen atoms in total. The maximum atomic E-state index is 6.09. The lowest BCUT2D eigenvalue weighted by molar-refractivity contribution is 0.354. The second-order valence-corrected chi connectivity index (χ2v) is 4.74. The molecule has 1 aromatic carbocycles. The van der Waals surface area contributed by atoms with Crippen molar-refractivity contribution in [1.29, 1.82) is 0 Å². The Morgan fingerprint density at radius 1 is 1.15 bits per heavy atom. The van der Waals surface area contributed by atoms with Gasteiger partial charge in [0.2, 0.25) is 0 Å². The van der Waals surface area contributed by atoms with Gasteiger partial charge in [-0.15, -0.1) is 0 Å². The van der Waals surface area contributed by atoms with Crippen LogP contribution in [0, 0.1) is 0 Å². The molecule has 1 N–H and O–H groups in total. The topological polar surface area (TPSA) is 43.4 Å². The van der Waals surface area contributed by atoms with Crippen LogP contribution >= 0.6 is 11.6 Å². The Morgan fingerprint density at radius 3 is 2.55 bits per heavy atom. The van der Waals surface area contributed by atoms with Gasteiger partial charge in [0.05, 0.1) is 24.9 Å². The van der Waals surface area contributed by atoms with Crippen LogP contribution in [0.4, 0.5) is 5.69 Å². The molecule has 1 unspecified atom stereocenters. The molecule has 0 bridgehead atoms. The summed E-state index contributed by atoms with van der Waals surface area (Å²) >= 11 is 6.09. The lowest BCUT2D eigenvalue weighted by Gasteiger charge is -2.18. The van der Waals surface area contributed by atoms with E-state index in [1.807, 2.05) is 24.3 Å². The summed E-state index contributed by atoms with van der Waals surface area (Å²) in [5.74, 6) is 1.42. The quantitative estimate of drug-likeness (QED) is 0.907. The summed E-state index contributed by atoms with van der Waals surface area (Å²) in [5.41, 5.74) is 1.93. The largest absolute Gasteiger partial charge is 0.493 e. The normalized spacial score (nSPS) is 11.8. The standard InChI is InChI=1S/C15H17ClN2O2/c1-10(18-13-6-7-17-9-12(13)16)11-4-5-14(19-2)15(8-11)20-3/h4-10H,1-3H3,(H,17,18). The molecule has 0 amide bonds. The molecule has 1 atom stereocenters. The Morgan fingerprint density at radius 2 is 1.90 bits per heavy atom. The Balaban J connectivity index is 2.21. The predicted octanol–water partition coefficient (Wildman–Crippen LogP) is 3.93. The molecule has 106 valence electrons. The molecule has 1 aromatic heterocycles. The summed E-state index contributed by atoms with van der Waals surface area (Å²) in [5, 5.41) is 3.94. The van der Waals surface area contributed by atoms with Gasteiger partial charge in [0.1, 0.15) is 0 Å². The van der Waals surface area contributed by atoms with E-state index in [-0.39, 0.29) is 6.04 Å². The molecule has 2 aromatic rings. The van der Waals surface area contributed by atoms with Crippen LogP contribution in [-0.4, -0.2) is 19.2 Å². The summed E-state index contributed by atoms with van der Waals surface area (Å²) in [7, 11) is 3.25. The first-order valence-corrected chi connectivity index (χ1v) is 6.61. The van der Waals surface area contributed by atoms with Gasteiger partial charge < -0.3 is 14.8 Å². The lowest BCUT2D eigenvalue weighted by Crippen LogP contribution is -2.07. The van der Waals surface area contributed by atoms with Crippen LogP contribution in [0.15, 0.2) is 36.7 Å². The van der Waals surface area contributed by atoms with Gasteiger partial charge in [-0.1, -0.05) is 17.7 Å². The second-order valence-electron chi connectivity index (χ2n) is 4.34. The summed E-state index contributed by atoms with van der Waals surface area (Å²) < 4.78 is 10.5. The van der Waals surface area contributed by atoms with E-state index in [9.17, 15) is 0 Å². The van der Waals surface area contributed by atoms with E-state index < -0.39 is 0 Å². The number of hydrogen-bond donors (Lipinski definition) is 1. The van der Waals surface area contributed by atoms with Crippen LogP contribution < -0.4 is 14.8 Å². The molecule has 0 spiro atoms. The molecule has 0 aliphatic carbocycles. The average Bonchev–Trinajstić information content (AvgIpc) is 2.48. The zero-order valence-electron chi connectivity index (χ0n) is 11.7. The number of halogens is 1. The maximum Gasteiger partial charge on any atom is 0.161 e. The van der Waals surface area contributed by atoms with Crippen molar-refractivity contribution < 1.29 is 9.47 Å².